The second-order valence-electron chi connectivity index (χ2n) is 6.16. The van der Waals surface area contributed by atoms with E-state index in [9.17, 15) is 14.7 Å². The van der Waals surface area contributed by atoms with E-state index in [1.165, 1.54) is 6.92 Å². The maximum atomic E-state index is 11.9. The predicted octanol–water partition coefficient (Wildman–Crippen LogP) is 2.56. The molecule has 0 aliphatic heterocycles. The number of ketones is 1. The average Bonchev–Trinajstić information content (AvgIpc) is 2.61. The highest BCUT2D eigenvalue weighted by atomic mass is 16.7. The number of carbonyl (C=O) groups is 2. The summed E-state index contributed by atoms with van der Waals surface area (Å²) >= 11 is 0. The van der Waals surface area contributed by atoms with Gasteiger partial charge in [-0.1, -0.05) is 24.3 Å². The third kappa shape index (κ3) is 7.78. The maximum absolute atomic E-state index is 11.9. The van der Waals surface area contributed by atoms with Crippen molar-refractivity contribution in [1.29, 1.82) is 0 Å². The molecule has 1 aliphatic rings. The summed E-state index contributed by atoms with van der Waals surface area (Å²) in [4.78, 5) is 23.4. The van der Waals surface area contributed by atoms with E-state index in [1.54, 1.807) is 0 Å². The quantitative estimate of drug-likeness (QED) is 0.321. The minimum Gasteiger partial charge on any atom is -0.481 e. The molecule has 0 bridgehead atoms. The summed E-state index contributed by atoms with van der Waals surface area (Å²) in [7, 11) is 0. The van der Waals surface area contributed by atoms with E-state index in [0.717, 1.165) is 0 Å². The molecular weight excluding hydrogens is 340 g/mol. The van der Waals surface area contributed by atoms with Gasteiger partial charge < -0.3 is 24.1 Å². The van der Waals surface area contributed by atoms with E-state index in [1.807, 2.05) is 38.2 Å². The zero-order chi connectivity index (χ0) is 19.4. The van der Waals surface area contributed by atoms with Crippen LogP contribution in [0.5, 0.6) is 0 Å². The minimum absolute atomic E-state index is 0.0331. The SMILES string of the molecule is CC=CCOCOC1CC(C(C)=O)C(C(=O)O)CC1OCOCC=CC. The Morgan fingerprint density at radius 3 is 1.77 bits per heavy atom. The lowest BCUT2D eigenvalue weighted by Gasteiger charge is -2.38. The average molecular weight is 370 g/mol. The second kappa shape index (κ2) is 12.8. The van der Waals surface area contributed by atoms with Gasteiger partial charge in [0.15, 0.2) is 0 Å². The number of carboxylic acid groups (broad SMARTS) is 1. The third-order valence-electron chi connectivity index (χ3n) is 4.34. The lowest BCUT2D eigenvalue weighted by Crippen LogP contribution is -2.47. The van der Waals surface area contributed by atoms with Crippen LogP contribution in [-0.2, 0) is 28.5 Å². The van der Waals surface area contributed by atoms with Crippen molar-refractivity contribution >= 4 is 11.8 Å². The number of hydrogen-bond donors (Lipinski definition) is 1. The highest BCUT2D eigenvalue weighted by molar-refractivity contribution is 5.84. The molecular formula is C19H30O7. The highest BCUT2D eigenvalue weighted by Gasteiger charge is 2.43. The number of aliphatic carboxylic acids is 1. The summed E-state index contributed by atoms with van der Waals surface area (Å²) in [6, 6.07) is 0. The highest BCUT2D eigenvalue weighted by Crippen LogP contribution is 2.34. The van der Waals surface area contributed by atoms with Crippen molar-refractivity contribution in [1.82, 2.24) is 0 Å². The summed E-state index contributed by atoms with van der Waals surface area (Å²) in [5.74, 6) is -2.51. The normalized spacial score (nSPS) is 26.6. The second-order valence-corrected chi connectivity index (χ2v) is 6.16. The summed E-state index contributed by atoms with van der Waals surface area (Å²) in [6.45, 7) is 6.13. The zero-order valence-electron chi connectivity index (χ0n) is 15.8. The largest absolute Gasteiger partial charge is 0.481 e. The van der Waals surface area contributed by atoms with Crippen LogP contribution in [0.15, 0.2) is 24.3 Å². The Kier molecular flexibility index (Phi) is 11.0. The van der Waals surface area contributed by atoms with Gasteiger partial charge in [0, 0.05) is 5.92 Å². The van der Waals surface area contributed by atoms with Crippen molar-refractivity contribution in [2.75, 3.05) is 26.8 Å². The van der Waals surface area contributed by atoms with Crippen LogP contribution < -0.4 is 0 Å². The van der Waals surface area contributed by atoms with Crippen LogP contribution in [0.3, 0.4) is 0 Å². The lowest BCUT2D eigenvalue weighted by atomic mass is 9.74. The zero-order valence-corrected chi connectivity index (χ0v) is 15.8. The smallest absolute Gasteiger partial charge is 0.307 e. The first-order valence-corrected chi connectivity index (χ1v) is 8.85. The standard InChI is InChI=1S/C19H30O7/c1-4-6-8-23-12-25-17-10-15(14(3)20)16(19(21)22)11-18(17)26-13-24-9-7-5-2/h4-7,15-18H,8-13H2,1-3H3,(H,21,22). The molecule has 7 heteroatoms. The van der Waals surface area contributed by atoms with Gasteiger partial charge in [-0.2, -0.15) is 0 Å². The van der Waals surface area contributed by atoms with Gasteiger partial charge in [0.05, 0.1) is 31.3 Å². The van der Waals surface area contributed by atoms with Gasteiger partial charge in [-0.15, -0.1) is 0 Å². The first kappa shape index (κ1) is 22.5. The maximum Gasteiger partial charge on any atom is 0.307 e. The van der Waals surface area contributed by atoms with Crippen molar-refractivity contribution in [2.24, 2.45) is 11.8 Å². The van der Waals surface area contributed by atoms with Crippen molar-refractivity contribution in [3.05, 3.63) is 24.3 Å². The number of carboxylic acids is 1. The number of hydrogen-bond acceptors (Lipinski definition) is 6. The van der Waals surface area contributed by atoms with Crippen LogP contribution in [0.1, 0.15) is 33.6 Å². The molecule has 0 aromatic rings. The Morgan fingerprint density at radius 2 is 1.38 bits per heavy atom. The fourth-order valence-corrected chi connectivity index (χ4v) is 2.90. The van der Waals surface area contributed by atoms with Crippen LogP contribution in [0, 0.1) is 11.8 Å². The predicted molar refractivity (Wildman–Crippen MR) is 95.5 cm³/mol. The van der Waals surface area contributed by atoms with E-state index in [-0.39, 0.29) is 25.8 Å². The van der Waals surface area contributed by atoms with Gasteiger partial charge in [0.2, 0.25) is 0 Å². The summed E-state index contributed by atoms with van der Waals surface area (Å²) in [5.41, 5.74) is 0. The summed E-state index contributed by atoms with van der Waals surface area (Å²) < 4.78 is 22.1. The molecule has 0 saturated heterocycles. The first-order valence-electron chi connectivity index (χ1n) is 8.85. The summed E-state index contributed by atoms with van der Waals surface area (Å²) in [6.07, 6.45) is 7.04. The van der Waals surface area contributed by atoms with Gasteiger partial charge in [-0.05, 0) is 33.6 Å². The molecule has 1 aliphatic carbocycles. The van der Waals surface area contributed by atoms with Crippen LogP contribution in [-0.4, -0.2) is 55.9 Å². The Morgan fingerprint density at radius 1 is 0.923 bits per heavy atom. The van der Waals surface area contributed by atoms with E-state index < -0.39 is 30.0 Å². The Hall–Kier alpha value is -1.54. The molecule has 0 spiro atoms. The molecule has 1 saturated carbocycles. The number of carbonyl (C=O) groups excluding carboxylic acids is 1. The van der Waals surface area contributed by atoms with Crippen LogP contribution >= 0.6 is 0 Å². The number of allylic oxidation sites excluding steroid dienone is 2. The summed E-state index contributed by atoms with van der Waals surface area (Å²) in [5, 5.41) is 9.46. The Balaban J connectivity index is 2.67. The van der Waals surface area contributed by atoms with Crippen molar-refractivity contribution < 1.29 is 33.6 Å². The molecule has 1 N–H and O–H groups in total. The Labute approximate surface area is 154 Å². The Bertz CT molecular complexity index is 442. The molecule has 0 radical (unpaired) electrons. The molecule has 4 unspecified atom stereocenters. The van der Waals surface area contributed by atoms with Gasteiger partial charge in [0.1, 0.15) is 19.4 Å². The minimum atomic E-state index is -0.989. The van der Waals surface area contributed by atoms with Crippen LogP contribution in [0.25, 0.3) is 0 Å². The molecule has 1 fully saturated rings. The van der Waals surface area contributed by atoms with Gasteiger partial charge in [-0.25, -0.2) is 0 Å². The number of rotatable bonds is 12. The molecule has 0 aromatic heterocycles. The molecule has 7 nitrogen and oxygen atoms in total. The molecule has 0 aromatic carbocycles. The van der Waals surface area contributed by atoms with Crippen molar-refractivity contribution in [2.45, 2.75) is 45.8 Å². The molecule has 148 valence electrons. The van der Waals surface area contributed by atoms with Gasteiger partial charge in [0.25, 0.3) is 0 Å². The van der Waals surface area contributed by atoms with E-state index >= 15 is 0 Å². The van der Waals surface area contributed by atoms with Crippen LogP contribution in [0.4, 0.5) is 0 Å². The third-order valence-corrected chi connectivity index (χ3v) is 4.34. The first-order chi connectivity index (χ1) is 12.5. The fraction of sp³-hybridized carbons (Fsp3) is 0.684. The van der Waals surface area contributed by atoms with Gasteiger partial charge >= 0.3 is 5.97 Å². The molecule has 1 rings (SSSR count). The van der Waals surface area contributed by atoms with Crippen molar-refractivity contribution in [3.63, 3.8) is 0 Å². The molecule has 26 heavy (non-hydrogen) atoms. The number of ether oxygens (including phenoxy) is 4. The van der Waals surface area contributed by atoms with E-state index in [4.69, 9.17) is 18.9 Å². The monoisotopic (exact) mass is 370 g/mol. The van der Waals surface area contributed by atoms with Crippen LogP contribution in [0.2, 0.25) is 0 Å². The fourth-order valence-electron chi connectivity index (χ4n) is 2.90. The molecule has 0 amide bonds. The molecule has 4 atom stereocenters. The lowest BCUT2D eigenvalue weighted by molar-refractivity contribution is -0.192. The molecule has 0 heterocycles. The van der Waals surface area contributed by atoms with E-state index in [2.05, 4.69) is 0 Å². The van der Waals surface area contributed by atoms with Crippen molar-refractivity contribution in [3.8, 4) is 0 Å². The number of Topliss-reactive ketones (excluding diaryl/α,β-unsaturated/α-hetero) is 1. The van der Waals surface area contributed by atoms with E-state index in [0.29, 0.717) is 19.6 Å². The topological polar surface area (TPSA) is 91.3 Å². The van der Waals surface area contributed by atoms with Gasteiger partial charge in [-0.3, -0.25) is 9.59 Å².